The van der Waals surface area contributed by atoms with E-state index in [1.54, 1.807) is 61.9 Å². The van der Waals surface area contributed by atoms with Crippen molar-refractivity contribution in [2.75, 3.05) is 12.8 Å². The van der Waals surface area contributed by atoms with Crippen molar-refractivity contribution in [1.82, 2.24) is 45.9 Å². The van der Waals surface area contributed by atoms with E-state index in [-0.39, 0.29) is 22.6 Å². The monoisotopic (exact) mass is 991 g/mol. The van der Waals surface area contributed by atoms with Crippen LogP contribution in [0.3, 0.4) is 0 Å². The zero-order valence-corrected chi connectivity index (χ0v) is 40.9. The quantitative estimate of drug-likeness (QED) is 0.112. The van der Waals surface area contributed by atoms with Crippen molar-refractivity contribution in [3.63, 3.8) is 0 Å². The maximum absolute atomic E-state index is 12.4. The van der Waals surface area contributed by atoms with Gasteiger partial charge in [-0.2, -0.15) is 0 Å². The SMILES string of the molecule is Cc1nc2ncccc2cc1C(=O)NCCc1ccc(Cl)cc1.Cc1nc2ncccc2cc1C(=O)NCc1ccc(Cl)cc1.Cc1nc2ncccc2cc1C(=O)NCc1ccc(S(C)(=O)=O)cc1. The lowest BCUT2D eigenvalue weighted by molar-refractivity contribution is 0.0942. The lowest BCUT2D eigenvalue weighted by Gasteiger charge is -2.09. The Balaban J connectivity index is 0.000000155. The molecule has 0 atom stereocenters. The molecular weight excluding hydrogens is 946 g/mol. The number of hydrogen-bond donors (Lipinski definition) is 3. The molecule has 6 heterocycles. The summed E-state index contributed by atoms with van der Waals surface area (Å²) in [7, 11) is -3.22. The molecule has 0 saturated carbocycles. The van der Waals surface area contributed by atoms with Crippen molar-refractivity contribution < 1.29 is 22.8 Å². The van der Waals surface area contributed by atoms with Gasteiger partial charge in [0, 0.05) is 70.7 Å². The van der Waals surface area contributed by atoms with Crippen LogP contribution < -0.4 is 16.0 Å². The number of carbonyl (C=O) groups excluding carboxylic acids is 3. The van der Waals surface area contributed by atoms with Crippen molar-refractivity contribution in [2.45, 2.75) is 45.2 Å². The van der Waals surface area contributed by atoms with Crippen LogP contribution in [0.25, 0.3) is 33.1 Å². The number of rotatable bonds is 11. The number of fused-ring (bicyclic) bond motifs is 3. The second-order valence-corrected chi connectivity index (χ2v) is 18.9. The van der Waals surface area contributed by atoms with Gasteiger partial charge in [0.1, 0.15) is 0 Å². The fraction of sp³-hybridized carbons (Fsp3) is 0.151. The number of hydrogen-bond acceptors (Lipinski definition) is 11. The Morgan fingerprint density at radius 1 is 0.486 bits per heavy atom. The Hall–Kier alpha value is -7.72. The average molecular weight is 993 g/mol. The van der Waals surface area contributed by atoms with Gasteiger partial charge < -0.3 is 16.0 Å². The van der Waals surface area contributed by atoms with Gasteiger partial charge >= 0.3 is 0 Å². The molecule has 70 heavy (non-hydrogen) atoms. The van der Waals surface area contributed by atoms with Crippen LogP contribution in [0.1, 0.15) is 64.8 Å². The number of pyridine rings is 6. The Bertz CT molecular complexity index is 3450. The Kier molecular flexibility index (Phi) is 16.5. The van der Waals surface area contributed by atoms with Crippen LogP contribution >= 0.6 is 23.2 Å². The summed E-state index contributed by atoms with van der Waals surface area (Å²) < 4.78 is 22.9. The fourth-order valence-corrected chi connectivity index (χ4v) is 7.93. The van der Waals surface area contributed by atoms with Gasteiger partial charge in [0.25, 0.3) is 17.7 Å². The van der Waals surface area contributed by atoms with E-state index < -0.39 is 9.84 Å². The lowest BCUT2D eigenvalue weighted by atomic mass is 10.1. The molecular formula is C53H47Cl2N9O5S. The van der Waals surface area contributed by atoms with Gasteiger partial charge in [0.05, 0.1) is 38.7 Å². The normalized spacial score (nSPS) is 10.9. The minimum absolute atomic E-state index is 0.116. The third-order valence-electron chi connectivity index (χ3n) is 10.9. The highest BCUT2D eigenvalue weighted by atomic mass is 35.5. The fourth-order valence-electron chi connectivity index (χ4n) is 7.05. The van der Waals surface area contributed by atoms with E-state index in [2.05, 4.69) is 45.9 Å². The zero-order valence-electron chi connectivity index (χ0n) is 38.6. The van der Waals surface area contributed by atoms with Crippen LogP contribution in [0.4, 0.5) is 0 Å². The predicted octanol–water partition coefficient (Wildman–Crippen LogP) is 9.36. The molecule has 0 fully saturated rings. The van der Waals surface area contributed by atoms with E-state index in [0.717, 1.165) is 45.5 Å². The Morgan fingerprint density at radius 3 is 1.20 bits per heavy atom. The van der Waals surface area contributed by atoms with E-state index in [0.29, 0.717) is 80.4 Å². The number of sulfone groups is 1. The highest BCUT2D eigenvalue weighted by Crippen LogP contribution is 2.18. The van der Waals surface area contributed by atoms with Crippen molar-refractivity contribution in [1.29, 1.82) is 0 Å². The van der Waals surface area contributed by atoms with E-state index in [1.807, 2.05) is 92.7 Å². The number of benzene rings is 3. The molecule has 0 bridgehead atoms. The minimum atomic E-state index is -3.22. The van der Waals surface area contributed by atoms with Crippen molar-refractivity contribution in [3.05, 3.63) is 206 Å². The standard InChI is InChI=1S/C18H16ClN3O.C18H17N3O3S.C17H14ClN3O/c1-12-16(11-14-3-2-9-20-17(14)22-12)18(23)21-10-8-13-4-6-15(19)7-5-13;1-12-16(10-14-4-3-9-19-17(14)21-12)18(22)20-11-13-5-7-15(8-6-13)25(2,23)24;1-11-15(9-13-3-2-8-19-16(13)21-11)17(22)20-10-12-4-6-14(18)7-5-12/h2-7,9,11H,8,10H2,1H3,(H,21,23);3-10H,11H2,1-2H3,(H,20,22);2-9H,10H2,1H3,(H,20,22). The molecule has 0 aliphatic heterocycles. The van der Waals surface area contributed by atoms with Crippen molar-refractivity contribution >= 4 is 83.9 Å². The first-order chi connectivity index (χ1) is 33.6. The smallest absolute Gasteiger partial charge is 0.253 e. The summed E-state index contributed by atoms with van der Waals surface area (Å²) in [6.45, 7) is 6.70. The van der Waals surface area contributed by atoms with Crippen LogP contribution in [-0.4, -0.2) is 68.8 Å². The summed E-state index contributed by atoms with van der Waals surface area (Å²) in [6, 6.07) is 38.0. The van der Waals surface area contributed by atoms with Crippen LogP contribution in [0.2, 0.25) is 10.0 Å². The first-order valence-electron chi connectivity index (χ1n) is 21.9. The van der Waals surface area contributed by atoms with Crippen LogP contribution in [-0.2, 0) is 29.3 Å². The molecule has 6 aromatic heterocycles. The number of nitrogens with one attached hydrogen (secondary N) is 3. The Labute approximate surface area is 414 Å². The third-order valence-corrected chi connectivity index (χ3v) is 12.5. The largest absolute Gasteiger partial charge is 0.352 e. The third kappa shape index (κ3) is 13.5. The number of halogens is 2. The van der Waals surface area contributed by atoms with E-state index in [1.165, 1.54) is 12.1 Å². The molecule has 0 unspecified atom stereocenters. The number of aromatic nitrogens is 6. The molecule has 0 radical (unpaired) electrons. The van der Waals surface area contributed by atoms with Gasteiger partial charge in [-0.05, 0) is 135 Å². The molecule has 0 saturated heterocycles. The first kappa shape index (κ1) is 50.2. The highest BCUT2D eigenvalue weighted by Gasteiger charge is 2.15. The summed E-state index contributed by atoms with van der Waals surface area (Å²) in [5.74, 6) is -0.497. The van der Waals surface area contributed by atoms with Gasteiger partial charge in [-0.3, -0.25) is 14.4 Å². The topological polar surface area (TPSA) is 199 Å². The summed E-state index contributed by atoms with van der Waals surface area (Å²) in [6.07, 6.45) is 6.96. The summed E-state index contributed by atoms with van der Waals surface area (Å²) in [5.41, 5.74) is 8.44. The number of aryl methyl sites for hydroxylation is 3. The van der Waals surface area contributed by atoms with Gasteiger partial charge in [0.15, 0.2) is 26.8 Å². The van der Waals surface area contributed by atoms with Gasteiger partial charge in [-0.15, -0.1) is 0 Å². The maximum Gasteiger partial charge on any atom is 0.253 e. The molecule has 17 heteroatoms. The van der Waals surface area contributed by atoms with Gasteiger partial charge in [0.2, 0.25) is 0 Å². The van der Waals surface area contributed by atoms with E-state index in [4.69, 9.17) is 23.2 Å². The molecule has 3 amide bonds. The molecule has 0 aliphatic rings. The molecule has 0 aliphatic carbocycles. The molecule has 0 spiro atoms. The summed E-state index contributed by atoms with van der Waals surface area (Å²) in [5, 5.41) is 12.6. The van der Waals surface area contributed by atoms with Crippen molar-refractivity contribution in [3.8, 4) is 0 Å². The van der Waals surface area contributed by atoms with Crippen LogP contribution in [0.5, 0.6) is 0 Å². The molecule has 3 aromatic carbocycles. The molecule has 9 aromatic rings. The van der Waals surface area contributed by atoms with E-state index >= 15 is 0 Å². The van der Waals surface area contributed by atoms with Crippen molar-refractivity contribution in [2.24, 2.45) is 0 Å². The average Bonchev–Trinajstić information content (AvgIpc) is 3.35. The summed E-state index contributed by atoms with van der Waals surface area (Å²) in [4.78, 5) is 63.1. The molecule has 9 rings (SSSR count). The lowest BCUT2D eigenvalue weighted by Crippen LogP contribution is -2.26. The molecule has 3 N–H and O–H groups in total. The molecule has 14 nitrogen and oxygen atoms in total. The predicted molar refractivity (Wildman–Crippen MR) is 274 cm³/mol. The zero-order chi connectivity index (χ0) is 49.8. The summed E-state index contributed by atoms with van der Waals surface area (Å²) >= 11 is 11.7. The van der Waals surface area contributed by atoms with Crippen LogP contribution in [0, 0.1) is 20.8 Å². The van der Waals surface area contributed by atoms with E-state index in [9.17, 15) is 22.8 Å². The van der Waals surface area contributed by atoms with Gasteiger partial charge in [-0.25, -0.2) is 38.3 Å². The maximum atomic E-state index is 12.4. The molecule has 354 valence electrons. The highest BCUT2D eigenvalue weighted by molar-refractivity contribution is 7.90. The number of amides is 3. The number of nitrogens with zero attached hydrogens (tertiary/aromatic N) is 6. The van der Waals surface area contributed by atoms with Gasteiger partial charge in [-0.1, -0.05) is 59.6 Å². The van der Waals surface area contributed by atoms with Crippen LogP contribution in [0.15, 0.2) is 151 Å². The second-order valence-electron chi connectivity index (χ2n) is 16.1. The number of carbonyl (C=O) groups is 3. The Morgan fingerprint density at radius 2 is 0.829 bits per heavy atom. The minimum Gasteiger partial charge on any atom is -0.352 e. The first-order valence-corrected chi connectivity index (χ1v) is 24.6. The second kappa shape index (κ2) is 23.1.